The largest absolute Gasteiger partial charge is 0.398 e. The number of hydrogen-bond donors (Lipinski definition) is 3. The monoisotopic (exact) mass is 407 g/mol. The minimum Gasteiger partial charge on any atom is -0.398 e. The minimum atomic E-state index is -0.650. The Bertz CT molecular complexity index is 958. The molecule has 2 amide bonds. The lowest BCUT2D eigenvalue weighted by atomic mass is 9.96. The second-order valence-corrected chi connectivity index (χ2v) is 8.42. The van der Waals surface area contributed by atoms with Gasteiger partial charge in [0, 0.05) is 49.0 Å². The summed E-state index contributed by atoms with van der Waals surface area (Å²) in [6.45, 7) is 4.00. The Morgan fingerprint density at radius 1 is 0.967 bits per heavy atom. The SMILES string of the molecule is CC(N)c1cccc(-c2ccc(C(=O)N3CCN(C(=O)C4(N)CC4)CC3)cc2)c1N. The number of benzene rings is 2. The van der Waals surface area contributed by atoms with Gasteiger partial charge in [0.2, 0.25) is 5.91 Å². The van der Waals surface area contributed by atoms with E-state index in [-0.39, 0.29) is 17.9 Å². The molecular weight excluding hydrogens is 378 g/mol. The highest BCUT2D eigenvalue weighted by Gasteiger charge is 2.48. The lowest BCUT2D eigenvalue weighted by Crippen LogP contribution is -2.55. The number of piperazine rings is 1. The molecule has 158 valence electrons. The van der Waals surface area contributed by atoms with Gasteiger partial charge in [-0.1, -0.05) is 30.3 Å². The lowest BCUT2D eigenvalue weighted by Gasteiger charge is -2.36. The van der Waals surface area contributed by atoms with Crippen LogP contribution in [0, 0.1) is 0 Å². The smallest absolute Gasteiger partial charge is 0.253 e. The summed E-state index contributed by atoms with van der Waals surface area (Å²) in [4.78, 5) is 28.9. The van der Waals surface area contributed by atoms with Gasteiger partial charge in [-0.15, -0.1) is 0 Å². The van der Waals surface area contributed by atoms with E-state index in [1.165, 1.54) is 0 Å². The zero-order valence-corrected chi connectivity index (χ0v) is 17.3. The van der Waals surface area contributed by atoms with E-state index >= 15 is 0 Å². The Morgan fingerprint density at radius 3 is 2.13 bits per heavy atom. The van der Waals surface area contributed by atoms with Crippen molar-refractivity contribution in [3.8, 4) is 11.1 Å². The maximum atomic E-state index is 12.9. The van der Waals surface area contributed by atoms with Crippen LogP contribution in [0.4, 0.5) is 5.69 Å². The normalized spacial score (nSPS) is 18.8. The van der Waals surface area contributed by atoms with E-state index in [1.807, 2.05) is 49.4 Å². The molecule has 0 radical (unpaired) electrons. The second-order valence-electron chi connectivity index (χ2n) is 8.42. The summed E-state index contributed by atoms with van der Waals surface area (Å²) in [6.07, 6.45) is 1.52. The van der Waals surface area contributed by atoms with Crippen molar-refractivity contribution in [3.63, 3.8) is 0 Å². The molecule has 1 heterocycles. The molecule has 0 aromatic heterocycles. The van der Waals surface area contributed by atoms with Crippen molar-refractivity contribution in [2.45, 2.75) is 31.3 Å². The number of nitrogen functional groups attached to an aromatic ring is 1. The molecule has 1 aliphatic carbocycles. The van der Waals surface area contributed by atoms with Gasteiger partial charge in [0.05, 0.1) is 5.54 Å². The zero-order chi connectivity index (χ0) is 21.5. The number of rotatable bonds is 4. The molecule has 1 atom stereocenters. The van der Waals surface area contributed by atoms with Gasteiger partial charge in [-0.2, -0.15) is 0 Å². The van der Waals surface area contributed by atoms with Crippen LogP contribution >= 0.6 is 0 Å². The van der Waals surface area contributed by atoms with Crippen LogP contribution in [0.2, 0.25) is 0 Å². The van der Waals surface area contributed by atoms with E-state index < -0.39 is 5.54 Å². The van der Waals surface area contributed by atoms with Crippen LogP contribution in [0.15, 0.2) is 42.5 Å². The van der Waals surface area contributed by atoms with Gasteiger partial charge in [-0.05, 0) is 43.0 Å². The van der Waals surface area contributed by atoms with Crippen LogP contribution in [0.1, 0.15) is 41.7 Å². The average molecular weight is 408 g/mol. The maximum absolute atomic E-state index is 12.9. The molecule has 0 bridgehead atoms. The molecule has 2 aliphatic rings. The summed E-state index contributed by atoms with van der Waals surface area (Å²) in [5.74, 6) is -0.00888. The molecule has 2 aromatic carbocycles. The number of hydrogen-bond acceptors (Lipinski definition) is 5. The molecule has 1 unspecified atom stereocenters. The molecule has 4 rings (SSSR count). The van der Waals surface area contributed by atoms with Crippen molar-refractivity contribution >= 4 is 17.5 Å². The van der Waals surface area contributed by atoms with Crippen molar-refractivity contribution < 1.29 is 9.59 Å². The number of carbonyl (C=O) groups is 2. The highest BCUT2D eigenvalue weighted by atomic mass is 16.2. The van der Waals surface area contributed by atoms with Crippen LogP contribution in [-0.2, 0) is 4.79 Å². The van der Waals surface area contributed by atoms with Gasteiger partial charge in [0.25, 0.3) is 5.91 Å². The van der Waals surface area contributed by atoms with Crippen LogP contribution in [0.3, 0.4) is 0 Å². The highest BCUT2D eigenvalue weighted by molar-refractivity contribution is 5.95. The minimum absolute atomic E-state index is 0.0190. The topological polar surface area (TPSA) is 119 Å². The zero-order valence-electron chi connectivity index (χ0n) is 17.3. The van der Waals surface area contributed by atoms with E-state index in [9.17, 15) is 9.59 Å². The van der Waals surface area contributed by atoms with E-state index in [2.05, 4.69) is 0 Å². The predicted octanol–water partition coefficient (Wildman–Crippen LogP) is 1.73. The molecular formula is C23H29N5O2. The fourth-order valence-electron chi connectivity index (χ4n) is 3.98. The third-order valence-electron chi connectivity index (χ3n) is 6.14. The van der Waals surface area contributed by atoms with Gasteiger partial charge >= 0.3 is 0 Å². The van der Waals surface area contributed by atoms with Crippen LogP contribution in [-0.4, -0.2) is 53.3 Å². The van der Waals surface area contributed by atoms with E-state index in [0.717, 1.165) is 29.5 Å². The summed E-state index contributed by atoms with van der Waals surface area (Å²) >= 11 is 0. The number of nitrogens with two attached hydrogens (primary N) is 3. The van der Waals surface area contributed by atoms with Crippen molar-refractivity contribution in [2.75, 3.05) is 31.9 Å². The Labute approximate surface area is 176 Å². The summed E-state index contributed by atoms with van der Waals surface area (Å²) in [5.41, 5.74) is 21.7. The maximum Gasteiger partial charge on any atom is 0.253 e. The van der Waals surface area contributed by atoms with Gasteiger partial charge < -0.3 is 27.0 Å². The van der Waals surface area contributed by atoms with Gasteiger partial charge in [-0.25, -0.2) is 0 Å². The molecule has 7 heteroatoms. The van der Waals surface area contributed by atoms with Crippen molar-refractivity contribution in [1.82, 2.24) is 9.80 Å². The van der Waals surface area contributed by atoms with Crippen LogP contribution in [0.5, 0.6) is 0 Å². The number of amides is 2. The van der Waals surface area contributed by atoms with Gasteiger partial charge in [-0.3, -0.25) is 9.59 Å². The number of anilines is 1. The van der Waals surface area contributed by atoms with Gasteiger partial charge in [0.15, 0.2) is 0 Å². The summed E-state index contributed by atoms with van der Waals surface area (Å²) in [5, 5.41) is 0. The standard InChI is InChI=1S/C23H29N5O2/c1-15(24)18-3-2-4-19(20(18)25)16-5-7-17(8-6-16)21(29)27-11-13-28(14-12-27)22(30)23(26)9-10-23/h2-8,15H,9-14,24-26H2,1H3. The fraction of sp³-hybridized carbons (Fsp3) is 0.391. The van der Waals surface area contributed by atoms with E-state index in [1.54, 1.807) is 9.80 Å². The molecule has 7 nitrogen and oxygen atoms in total. The Hall–Kier alpha value is -2.90. The highest BCUT2D eigenvalue weighted by Crippen LogP contribution is 2.34. The van der Waals surface area contributed by atoms with Crippen LogP contribution < -0.4 is 17.2 Å². The first-order chi connectivity index (χ1) is 14.3. The molecule has 6 N–H and O–H groups in total. The van der Waals surface area contributed by atoms with Gasteiger partial charge in [0.1, 0.15) is 0 Å². The first-order valence-corrected chi connectivity index (χ1v) is 10.4. The first-order valence-electron chi connectivity index (χ1n) is 10.4. The quantitative estimate of drug-likeness (QED) is 0.667. The Kier molecular flexibility index (Phi) is 5.26. The molecule has 2 aromatic rings. The summed E-state index contributed by atoms with van der Waals surface area (Å²) < 4.78 is 0. The molecule has 1 saturated heterocycles. The van der Waals surface area contributed by atoms with E-state index in [0.29, 0.717) is 37.4 Å². The molecule has 0 spiro atoms. The second kappa shape index (κ2) is 7.74. The first kappa shape index (κ1) is 20.4. The Morgan fingerprint density at radius 2 is 1.57 bits per heavy atom. The predicted molar refractivity (Wildman–Crippen MR) is 118 cm³/mol. The molecule has 2 fully saturated rings. The van der Waals surface area contributed by atoms with E-state index in [4.69, 9.17) is 17.2 Å². The number of para-hydroxylation sites is 1. The summed E-state index contributed by atoms with van der Waals surface area (Å²) in [7, 11) is 0. The number of carbonyl (C=O) groups excluding carboxylic acids is 2. The lowest BCUT2D eigenvalue weighted by molar-refractivity contribution is -0.135. The van der Waals surface area contributed by atoms with Crippen molar-refractivity contribution in [2.24, 2.45) is 11.5 Å². The summed E-state index contributed by atoms with van der Waals surface area (Å²) in [6, 6.07) is 13.2. The Balaban J connectivity index is 1.43. The molecule has 1 aliphatic heterocycles. The number of nitrogens with zero attached hydrogens (tertiary/aromatic N) is 2. The van der Waals surface area contributed by atoms with Crippen molar-refractivity contribution in [1.29, 1.82) is 0 Å². The average Bonchev–Trinajstić information content (AvgIpc) is 3.51. The third-order valence-corrected chi connectivity index (χ3v) is 6.14. The fourth-order valence-corrected chi connectivity index (χ4v) is 3.98. The molecule has 30 heavy (non-hydrogen) atoms. The van der Waals surface area contributed by atoms with Crippen LogP contribution in [0.25, 0.3) is 11.1 Å². The third kappa shape index (κ3) is 3.78. The molecule has 1 saturated carbocycles. The van der Waals surface area contributed by atoms with Crippen molar-refractivity contribution in [3.05, 3.63) is 53.6 Å².